The molecule has 104 valence electrons. The van der Waals surface area contributed by atoms with Crippen molar-refractivity contribution >= 4 is 12.0 Å². The first-order chi connectivity index (χ1) is 8.38. The molecule has 1 aliphatic rings. The normalized spacial score (nSPS) is 25.6. The van der Waals surface area contributed by atoms with Crippen molar-refractivity contribution in [3.63, 3.8) is 0 Å². The lowest BCUT2D eigenvalue weighted by atomic mass is 9.95. The van der Waals surface area contributed by atoms with E-state index in [-0.39, 0.29) is 18.2 Å². The molecule has 7 nitrogen and oxygen atoms in total. The van der Waals surface area contributed by atoms with E-state index in [4.69, 9.17) is 14.9 Å². The van der Waals surface area contributed by atoms with Gasteiger partial charge in [-0.1, -0.05) is 0 Å². The largest absolute Gasteiger partial charge is 0.479 e. The van der Waals surface area contributed by atoms with Crippen LogP contribution in [0.5, 0.6) is 0 Å². The lowest BCUT2D eigenvalue weighted by Crippen LogP contribution is -2.53. The predicted octanol–water partition coefficient (Wildman–Crippen LogP) is -0.358. The third kappa shape index (κ3) is 3.85. The van der Waals surface area contributed by atoms with Gasteiger partial charge in [-0.25, -0.2) is 9.59 Å². The number of aliphatic hydroxyl groups is 1. The maximum absolute atomic E-state index is 11.8. The molecule has 0 aromatic carbocycles. The fourth-order valence-corrected chi connectivity index (χ4v) is 1.93. The number of aliphatic carboxylic acids is 1. The minimum Gasteiger partial charge on any atom is -0.479 e. The van der Waals surface area contributed by atoms with Gasteiger partial charge in [-0.3, -0.25) is 0 Å². The number of carboxylic acid groups (broad SMARTS) is 1. The van der Waals surface area contributed by atoms with Crippen LogP contribution in [0.2, 0.25) is 0 Å². The van der Waals surface area contributed by atoms with Crippen LogP contribution < -0.4 is 5.32 Å². The van der Waals surface area contributed by atoms with Crippen molar-refractivity contribution in [1.82, 2.24) is 10.2 Å². The number of nitrogens with zero attached hydrogens (tertiary/aromatic N) is 1. The summed E-state index contributed by atoms with van der Waals surface area (Å²) in [5.41, 5.74) is -0.360. The van der Waals surface area contributed by atoms with Crippen molar-refractivity contribution < 1.29 is 24.5 Å². The molecule has 1 fully saturated rings. The molecule has 0 spiro atoms. The summed E-state index contributed by atoms with van der Waals surface area (Å²) in [6, 6.07) is -0.377. The first-order valence-electron chi connectivity index (χ1n) is 5.87. The van der Waals surface area contributed by atoms with Crippen LogP contribution in [-0.2, 0) is 9.53 Å². The number of amides is 2. The van der Waals surface area contributed by atoms with Crippen LogP contribution in [-0.4, -0.2) is 65.6 Å². The smallest absolute Gasteiger partial charge is 0.334 e. The zero-order valence-corrected chi connectivity index (χ0v) is 10.7. The van der Waals surface area contributed by atoms with Crippen LogP contribution in [0.4, 0.5) is 4.79 Å². The first kappa shape index (κ1) is 14.7. The van der Waals surface area contributed by atoms with Gasteiger partial charge in [0.1, 0.15) is 0 Å². The Morgan fingerprint density at radius 1 is 1.56 bits per heavy atom. The number of hydrogen-bond donors (Lipinski definition) is 3. The fraction of sp³-hybridized carbons (Fsp3) is 0.818. The van der Waals surface area contributed by atoms with Gasteiger partial charge in [0.15, 0.2) is 6.10 Å². The molecule has 0 aromatic rings. The summed E-state index contributed by atoms with van der Waals surface area (Å²) in [5, 5.41) is 20.0. The number of carbonyl (C=O) groups excluding carboxylic acids is 1. The number of urea groups is 1. The molecule has 2 atom stereocenters. The summed E-state index contributed by atoms with van der Waals surface area (Å²) in [4.78, 5) is 23.8. The Hall–Kier alpha value is -1.34. The number of aliphatic hydroxyl groups excluding tert-OH is 1. The quantitative estimate of drug-likeness (QED) is 0.641. The minimum atomic E-state index is -1.58. The van der Waals surface area contributed by atoms with E-state index in [9.17, 15) is 9.59 Å². The number of hydrogen-bond acceptors (Lipinski definition) is 4. The van der Waals surface area contributed by atoms with Crippen LogP contribution in [0.1, 0.15) is 19.8 Å². The Morgan fingerprint density at radius 2 is 2.22 bits per heavy atom. The molecule has 3 N–H and O–H groups in total. The van der Waals surface area contributed by atoms with Crippen molar-refractivity contribution in [3.8, 4) is 0 Å². The van der Waals surface area contributed by atoms with Crippen LogP contribution in [0.3, 0.4) is 0 Å². The highest BCUT2D eigenvalue weighted by Crippen LogP contribution is 2.23. The Labute approximate surface area is 106 Å². The van der Waals surface area contributed by atoms with Crippen LogP contribution >= 0.6 is 0 Å². The van der Waals surface area contributed by atoms with Gasteiger partial charge < -0.3 is 25.2 Å². The van der Waals surface area contributed by atoms with Gasteiger partial charge in [0.05, 0.1) is 18.7 Å². The molecular weight excluding hydrogens is 240 g/mol. The molecule has 1 heterocycles. The maximum atomic E-state index is 11.8. The number of likely N-dealkylation sites (tertiary alicyclic amines) is 1. The average molecular weight is 260 g/mol. The van der Waals surface area contributed by atoms with Crippen molar-refractivity contribution in [2.24, 2.45) is 0 Å². The third-order valence-electron chi connectivity index (χ3n) is 3.17. The van der Waals surface area contributed by atoms with E-state index in [0.717, 1.165) is 12.8 Å². The van der Waals surface area contributed by atoms with E-state index in [1.807, 2.05) is 6.92 Å². The number of nitrogens with one attached hydrogen (secondary N) is 1. The summed E-state index contributed by atoms with van der Waals surface area (Å²) in [7, 11) is 1.61. The number of carboxylic acids is 1. The summed E-state index contributed by atoms with van der Waals surface area (Å²) in [5.74, 6) is -1.35. The molecule has 0 aromatic heterocycles. The monoisotopic (exact) mass is 260 g/mol. The minimum absolute atomic E-state index is 0.297. The molecule has 2 amide bonds. The second-order valence-corrected chi connectivity index (χ2v) is 4.72. The van der Waals surface area contributed by atoms with Crippen molar-refractivity contribution in [2.75, 3.05) is 26.7 Å². The Kier molecular flexibility index (Phi) is 4.92. The van der Waals surface area contributed by atoms with Gasteiger partial charge in [0.25, 0.3) is 0 Å². The molecule has 1 unspecified atom stereocenters. The molecule has 0 aliphatic carbocycles. The Bertz CT molecular complexity index is 323. The third-order valence-corrected chi connectivity index (χ3v) is 3.17. The Morgan fingerprint density at radius 3 is 2.78 bits per heavy atom. The summed E-state index contributed by atoms with van der Waals surface area (Å²) in [6.07, 6.45) is 0.136. The predicted molar refractivity (Wildman–Crippen MR) is 63.3 cm³/mol. The lowest BCUT2D eigenvalue weighted by Gasteiger charge is -2.39. The molecule has 1 aliphatic heterocycles. The van der Waals surface area contributed by atoms with Gasteiger partial charge in [0.2, 0.25) is 0 Å². The SMILES string of the molecule is COC1(C)CCCN(C(=O)NC[C@H](O)C(=O)O)C1. The van der Waals surface area contributed by atoms with Crippen molar-refractivity contribution in [3.05, 3.63) is 0 Å². The topological polar surface area (TPSA) is 99.1 Å². The number of piperidine rings is 1. The molecular formula is C11H20N2O5. The number of carbonyl (C=O) groups is 2. The van der Waals surface area contributed by atoms with Crippen LogP contribution in [0.15, 0.2) is 0 Å². The second kappa shape index (κ2) is 6.01. The molecule has 1 saturated heterocycles. The average Bonchev–Trinajstić information content (AvgIpc) is 2.35. The molecule has 0 saturated carbocycles. The van der Waals surface area contributed by atoms with Gasteiger partial charge in [-0.05, 0) is 19.8 Å². The molecule has 18 heavy (non-hydrogen) atoms. The summed E-state index contributed by atoms with van der Waals surface area (Å²) >= 11 is 0. The van der Waals surface area contributed by atoms with E-state index >= 15 is 0 Å². The summed E-state index contributed by atoms with van der Waals surface area (Å²) in [6.45, 7) is 2.69. The van der Waals surface area contributed by atoms with E-state index < -0.39 is 12.1 Å². The zero-order valence-electron chi connectivity index (χ0n) is 10.7. The van der Waals surface area contributed by atoms with Crippen molar-refractivity contribution in [2.45, 2.75) is 31.5 Å². The molecule has 7 heteroatoms. The molecule has 0 bridgehead atoms. The van der Waals surface area contributed by atoms with E-state index in [1.54, 1.807) is 12.0 Å². The van der Waals surface area contributed by atoms with Gasteiger partial charge in [0, 0.05) is 13.7 Å². The van der Waals surface area contributed by atoms with Crippen molar-refractivity contribution in [1.29, 1.82) is 0 Å². The first-order valence-corrected chi connectivity index (χ1v) is 5.87. The Balaban J connectivity index is 2.44. The van der Waals surface area contributed by atoms with E-state index in [0.29, 0.717) is 13.1 Å². The maximum Gasteiger partial charge on any atom is 0.334 e. The highest BCUT2D eigenvalue weighted by molar-refractivity contribution is 5.77. The highest BCUT2D eigenvalue weighted by atomic mass is 16.5. The highest BCUT2D eigenvalue weighted by Gasteiger charge is 2.33. The fourth-order valence-electron chi connectivity index (χ4n) is 1.93. The van der Waals surface area contributed by atoms with Crippen LogP contribution in [0.25, 0.3) is 0 Å². The summed E-state index contributed by atoms with van der Waals surface area (Å²) < 4.78 is 5.36. The van der Waals surface area contributed by atoms with Gasteiger partial charge >= 0.3 is 12.0 Å². The zero-order chi connectivity index (χ0) is 13.8. The van der Waals surface area contributed by atoms with Crippen LogP contribution in [0, 0.1) is 0 Å². The number of ether oxygens (including phenoxy) is 1. The van der Waals surface area contributed by atoms with E-state index in [2.05, 4.69) is 5.32 Å². The van der Waals surface area contributed by atoms with Gasteiger partial charge in [-0.15, -0.1) is 0 Å². The standard InChI is InChI=1S/C11H20N2O5/c1-11(18-2)4-3-5-13(7-11)10(17)12-6-8(14)9(15)16/h8,14H,3-7H2,1-2H3,(H,12,17)(H,15,16)/t8-,11?/m0/s1. The number of rotatable bonds is 4. The second-order valence-electron chi connectivity index (χ2n) is 4.72. The lowest BCUT2D eigenvalue weighted by molar-refractivity contribution is -0.146. The van der Waals surface area contributed by atoms with Gasteiger partial charge in [-0.2, -0.15) is 0 Å². The molecule has 1 rings (SSSR count). The van der Waals surface area contributed by atoms with E-state index in [1.165, 1.54) is 0 Å². The molecule has 0 radical (unpaired) electrons. The number of methoxy groups -OCH3 is 1.